The van der Waals surface area contributed by atoms with Gasteiger partial charge in [0.15, 0.2) is 5.78 Å². The van der Waals surface area contributed by atoms with Crippen LogP contribution in [0.15, 0.2) is 18.2 Å². The van der Waals surface area contributed by atoms with Gasteiger partial charge in [0.1, 0.15) is 18.5 Å². The van der Waals surface area contributed by atoms with Gasteiger partial charge in [0.2, 0.25) is 0 Å². The summed E-state index contributed by atoms with van der Waals surface area (Å²) < 4.78 is 11.4. The number of ether oxygens (including phenoxy) is 2. The van der Waals surface area contributed by atoms with E-state index in [1.54, 1.807) is 13.0 Å². The molecule has 1 atom stereocenters. The van der Waals surface area contributed by atoms with E-state index in [-0.39, 0.29) is 11.9 Å². The van der Waals surface area contributed by atoms with Crippen molar-refractivity contribution in [3.05, 3.63) is 29.3 Å². The molecule has 4 nitrogen and oxygen atoms in total. The normalized spacial score (nSPS) is 20.3. The Kier molecular flexibility index (Phi) is 4.56. The lowest BCUT2D eigenvalue weighted by Gasteiger charge is -2.30. The number of Topliss-reactive ketones (excluding diaryl/α,β-unsaturated/α-hetero) is 1. The van der Waals surface area contributed by atoms with Crippen LogP contribution >= 0.6 is 0 Å². The monoisotopic (exact) mass is 263 g/mol. The molecule has 4 heteroatoms. The second-order valence-corrected chi connectivity index (χ2v) is 5.10. The van der Waals surface area contributed by atoms with E-state index >= 15 is 0 Å². The van der Waals surface area contributed by atoms with Gasteiger partial charge in [-0.25, -0.2) is 0 Å². The minimum Gasteiger partial charge on any atom is -0.491 e. The van der Waals surface area contributed by atoms with Crippen LogP contribution in [0.25, 0.3) is 0 Å². The predicted molar refractivity (Wildman–Crippen MR) is 73.9 cm³/mol. The van der Waals surface area contributed by atoms with E-state index in [2.05, 4.69) is 11.9 Å². The SMILES string of the molecule is CC(=O)c1ccc(OCC2CN(C)CCO2)c(C)c1. The van der Waals surface area contributed by atoms with Gasteiger partial charge >= 0.3 is 0 Å². The average molecular weight is 263 g/mol. The van der Waals surface area contributed by atoms with Gasteiger partial charge in [0.25, 0.3) is 0 Å². The zero-order chi connectivity index (χ0) is 13.8. The first-order chi connectivity index (χ1) is 9.06. The third-order valence-electron chi connectivity index (χ3n) is 3.35. The van der Waals surface area contributed by atoms with Crippen molar-refractivity contribution < 1.29 is 14.3 Å². The molecule has 0 bridgehead atoms. The molecule has 0 saturated carbocycles. The molecule has 1 aliphatic heterocycles. The van der Waals surface area contributed by atoms with Crippen LogP contribution in [0.1, 0.15) is 22.8 Å². The van der Waals surface area contributed by atoms with E-state index in [1.165, 1.54) is 0 Å². The zero-order valence-electron chi connectivity index (χ0n) is 11.8. The lowest BCUT2D eigenvalue weighted by Crippen LogP contribution is -2.42. The van der Waals surface area contributed by atoms with Crippen molar-refractivity contribution >= 4 is 5.78 Å². The Bertz CT molecular complexity index is 459. The molecule has 1 aliphatic rings. The van der Waals surface area contributed by atoms with Crippen molar-refractivity contribution in [2.75, 3.05) is 33.4 Å². The van der Waals surface area contributed by atoms with Crippen molar-refractivity contribution in [1.29, 1.82) is 0 Å². The topological polar surface area (TPSA) is 38.8 Å². The molecule has 1 aromatic rings. The number of hydrogen-bond donors (Lipinski definition) is 0. The Labute approximate surface area is 114 Å². The molecule has 104 valence electrons. The molecule has 0 aromatic heterocycles. The van der Waals surface area contributed by atoms with Gasteiger partial charge in [-0.3, -0.25) is 4.79 Å². The molecule has 1 heterocycles. The van der Waals surface area contributed by atoms with Gasteiger partial charge in [-0.15, -0.1) is 0 Å². The summed E-state index contributed by atoms with van der Waals surface area (Å²) >= 11 is 0. The van der Waals surface area contributed by atoms with Crippen LogP contribution in [0, 0.1) is 6.92 Å². The average Bonchev–Trinajstić information content (AvgIpc) is 2.37. The summed E-state index contributed by atoms with van der Waals surface area (Å²) in [5, 5.41) is 0. The molecular formula is C15H21NO3. The second kappa shape index (κ2) is 6.17. The van der Waals surface area contributed by atoms with E-state index in [9.17, 15) is 4.79 Å². The summed E-state index contributed by atoms with van der Waals surface area (Å²) in [4.78, 5) is 13.5. The van der Waals surface area contributed by atoms with Gasteiger partial charge in [-0.2, -0.15) is 0 Å². The number of rotatable bonds is 4. The Balaban J connectivity index is 1.94. The first-order valence-corrected chi connectivity index (χ1v) is 6.61. The maximum Gasteiger partial charge on any atom is 0.159 e. The lowest BCUT2D eigenvalue weighted by atomic mass is 10.1. The van der Waals surface area contributed by atoms with E-state index in [0.29, 0.717) is 6.61 Å². The van der Waals surface area contributed by atoms with Crippen molar-refractivity contribution in [1.82, 2.24) is 4.90 Å². The fourth-order valence-electron chi connectivity index (χ4n) is 2.18. The quantitative estimate of drug-likeness (QED) is 0.778. The van der Waals surface area contributed by atoms with Crippen LogP contribution in [0.3, 0.4) is 0 Å². The second-order valence-electron chi connectivity index (χ2n) is 5.10. The molecule has 0 amide bonds. The molecule has 0 spiro atoms. The Morgan fingerprint density at radius 2 is 2.32 bits per heavy atom. The zero-order valence-corrected chi connectivity index (χ0v) is 11.8. The molecule has 0 radical (unpaired) electrons. The number of likely N-dealkylation sites (N-methyl/N-ethyl adjacent to an activating group) is 1. The predicted octanol–water partition coefficient (Wildman–Crippen LogP) is 1.91. The maximum atomic E-state index is 11.3. The maximum absolute atomic E-state index is 11.3. The molecule has 0 N–H and O–H groups in total. The van der Waals surface area contributed by atoms with Crippen LogP contribution in [0.2, 0.25) is 0 Å². The Hall–Kier alpha value is -1.39. The minimum absolute atomic E-state index is 0.0758. The first kappa shape index (κ1) is 14.0. The highest BCUT2D eigenvalue weighted by Crippen LogP contribution is 2.20. The summed E-state index contributed by atoms with van der Waals surface area (Å²) in [6.07, 6.45) is 0.116. The number of morpholine rings is 1. The largest absolute Gasteiger partial charge is 0.491 e. The van der Waals surface area contributed by atoms with Gasteiger partial charge in [0, 0.05) is 18.7 Å². The van der Waals surface area contributed by atoms with Crippen LogP contribution in [-0.2, 0) is 4.74 Å². The molecule has 1 unspecified atom stereocenters. The Morgan fingerprint density at radius 3 is 2.95 bits per heavy atom. The molecule has 19 heavy (non-hydrogen) atoms. The summed E-state index contributed by atoms with van der Waals surface area (Å²) in [5.74, 6) is 0.897. The number of benzene rings is 1. The number of hydrogen-bond acceptors (Lipinski definition) is 4. The van der Waals surface area contributed by atoms with Gasteiger partial charge < -0.3 is 14.4 Å². The van der Waals surface area contributed by atoms with E-state index < -0.39 is 0 Å². The highest BCUT2D eigenvalue weighted by Gasteiger charge is 2.18. The standard InChI is InChI=1S/C15H21NO3/c1-11-8-13(12(2)17)4-5-15(11)19-10-14-9-16(3)6-7-18-14/h4-5,8,14H,6-7,9-10H2,1-3H3. The molecule has 1 aromatic carbocycles. The summed E-state index contributed by atoms with van der Waals surface area (Å²) in [6.45, 7) is 6.70. The summed E-state index contributed by atoms with van der Waals surface area (Å²) in [7, 11) is 2.09. The Morgan fingerprint density at radius 1 is 1.53 bits per heavy atom. The van der Waals surface area contributed by atoms with Crippen molar-refractivity contribution in [3.63, 3.8) is 0 Å². The molecule has 1 fully saturated rings. The first-order valence-electron chi connectivity index (χ1n) is 6.61. The summed E-state index contributed by atoms with van der Waals surface area (Å²) in [5.41, 5.74) is 1.70. The van der Waals surface area contributed by atoms with Gasteiger partial charge in [0.05, 0.1) is 6.61 Å². The lowest BCUT2D eigenvalue weighted by molar-refractivity contribution is -0.0404. The third-order valence-corrected chi connectivity index (χ3v) is 3.35. The van der Waals surface area contributed by atoms with Crippen LogP contribution in [-0.4, -0.2) is 50.1 Å². The minimum atomic E-state index is 0.0758. The van der Waals surface area contributed by atoms with Crippen molar-refractivity contribution in [3.8, 4) is 5.75 Å². The number of carbonyl (C=O) groups is 1. The van der Waals surface area contributed by atoms with Gasteiger partial charge in [-0.1, -0.05) is 0 Å². The fraction of sp³-hybridized carbons (Fsp3) is 0.533. The number of ketones is 1. The fourth-order valence-corrected chi connectivity index (χ4v) is 2.18. The van der Waals surface area contributed by atoms with Crippen molar-refractivity contribution in [2.45, 2.75) is 20.0 Å². The summed E-state index contributed by atoms with van der Waals surface area (Å²) in [6, 6.07) is 5.53. The highest BCUT2D eigenvalue weighted by molar-refractivity contribution is 5.94. The van der Waals surface area contributed by atoms with Crippen LogP contribution < -0.4 is 4.74 Å². The number of carbonyl (C=O) groups excluding carboxylic acids is 1. The van der Waals surface area contributed by atoms with E-state index in [4.69, 9.17) is 9.47 Å². The van der Waals surface area contributed by atoms with Crippen LogP contribution in [0.5, 0.6) is 5.75 Å². The molecule has 2 rings (SSSR count). The number of aryl methyl sites for hydroxylation is 1. The number of nitrogens with zero attached hydrogens (tertiary/aromatic N) is 1. The van der Waals surface area contributed by atoms with E-state index in [0.717, 1.165) is 36.6 Å². The molecule has 1 saturated heterocycles. The smallest absolute Gasteiger partial charge is 0.159 e. The van der Waals surface area contributed by atoms with Crippen molar-refractivity contribution in [2.24, 2.45) is 0 Å². The highest BCUT2D eigenvalue weighted by atomic mass is 16.5. The van der Waals surface area contributed by atoms with E-state index in [1.807, 2.05) is 19.1 Å². The molecular weight excluding hydrogens is 242 g/mol. The molecule has 0 aliphatic carbocycles. The third kappa shape index (κ3) is 3.78. The van der Waals surface area contributed by atoms with Crippen LogP contribution in [0.4, 0.5) is 0 Å². The van der Waals surface area contributed by atoms with Gasteiger partial charge in [-0.05, 0) is 44.7 Å².